The molecule has 0 radical (unpaired) electrons. The van der Waals surface area contributed by atoms with Crippen molar-refractivity contribution in [1.82, 2.24) is 9.62 Å². The number of nitrogens with one attached hydrogen (secondary N) is 1. The summed E-state index contributed by atoms with van der Waals surface area (Å²) in [4.78, 5) is 4.38. The number of benzene rings is 2. The molecule has 2 aromatic rings. The highest BCUT2D eigenvalue weighted by atomic mass is 32.2. The van der Waals surface area contributed by atoms with E-state index in [4.69, 9.17) is 4.74 Å². The third-order valence-corrected chi connectivity index (χ3v) is 6.10. The van der Waals surface area contributed by atoms with Crippen LogP contribution < -0.4 is 14.4 Å². The average molecular weight is 393 g/mol. The standard InChI is InChI=1S/C19H24FN3O3S/c1-26-16-5-4-6-17(15-16)27(24,25)21-9-10-22-11-13-23(14-12-22)19-8-3-2-7-18(19)20/h2-8,15,21H,9-14H2,1H3. The molecular formula is C19H24FN3O3S. The van der Waals surface area contributed by atoms with Gasteiger partial charge in [-0.3, -0.25) is 4.90 Å². The van der Waals surface area contributed by atoms with Crippen LogP contribution in [0.1, 0.15) is 0 Å². The molecule has 0 bridgehead atoms. The molecule has 1 saturated heterocycles. The van der Waals surface area contributed by atoms with Gasteiger partial charge in [0.1, 0.15) is 11.6 Å². The largest absolute Gasteiger partial charge is 0.497 e. The minimum atomic E-state index is -3.57. The molecule has 0 amide bonds. The van der Waals surface area contributed by atoms with Gasteiger partial charge in [-0.25, -0.2) is 17.5 Å². The molecular weight excluding hydrogens is 369 g/mol. The SMILES string of the molecule is COc1cccc(S(=O)(=O)NCCN2CCN(c3ccccc3F)CC2)c1. The predicted octanol–water partition coefficient (Wildman–Crippen LogP) is 1.93. The number of nitrogens with zero attached hydrogens (tertiary/aromatic N) is 2. The number of methoxy groups -OCH3 is 1. The Morgan fingerprint density at radius 2 is 1.81 bits per heavy atom. The molecule has 0 aromatic heterocycles. The van der Waals surface area contributed by atoms with Crippen molar-refractivity contribution in [2.45, 2.75) is 4.90 Å². The number of halogens is 1. The summed E-state index contributed by atoms with van der Waals surface area (Å²) in [5.74, 6) is 0.291. The Kier molecular flexibility index (Phi) is 6.30. The lowest BCUT2D eigenvalue weighted by molar-refractivity contribution is 0.261. The summed E-state index contributed by atoms with van der Waals surface area (Å²) in [7, 11) is -2.07. The fourth-order valence-corrected chi connectivity index (χ4v) is 4.17. The summed E-state index contributed by atoms with van der Waals surface area (Å²) in [5.41, 5.74) is 0.621. The molecule has 1 aliphatic heterocycles. The second kappa shape index (κ2) is 8.69. The molecule has 2 aromatic carbocycles. The Balaban J connectivity index is 1.48. The van der Waals surface area contributed by atoms with E-state index in [-0.39, 0.29) is 10.7 Å². The summed E-state index contributed by atoms with van der Waals surface area (Å²) in [6.45, 7) is 3.87. The molecule has 1 fully saturated rings. The number of rotatable bonds is 7. The molecule has 8 heteroatoms. The number of ether oxygens (including phenoxy) is 1. The predicted molar refractivity (Wildman–Crippen MR) is 103 cm³/mol. The molecule has 0 atom stereocenters. The molecule has 0 saturated carbocycles. The van der Waals surface area contributed by atoms with E-state index in [0.29, 0.717) is 37.6 Å². The number of sulfonamides is 1. The highest BCUT2D eigenvalue weighted by molar-refractivity contribution is 7.89. The van der Waals surface area contributed by atoms with Gasteiger partial charge in [-0.1, -0.05) is 18.2 Å². The van der Waals surface area contributed by atoms with Gasteiger partial charge < -0.3 is 9.64 Å². The van der Waals surface area contributed by atoms with E-state index in [2.05, 4.69) is 9.62 Å². The second-order valence-corrected chi connectivity index (χ2v) is 8.12. The molecule has 6 nitrogen and oxygen atoms in total. The van der Waals surface area contributed by atoms with Crippen LogP contribution in [-0.2, 0) is 10.0 Å². The molecule has 0 unspecified atom stereocenters. The fourth-order valence-electron chi connectivity index (χ4n) is 3.11. The minimum Gasteiger partial charge on any atom is -0.497 e. The maximum absolute atomic E-state index is 13.9. The smallest absolute Gasteiger partial charge is 0.240 e. The highest BCUT2D eigenvalue weighted by Crippen LogP contribution is 2.20. The molecule has 27 heavy (non-hydrogen) atoms. The van der Waals surface area contributed by atoms with Crippen molar-refractivity contribution in [3.05, 3.63) is 54.3 Å². The van der Waals surface area contributed by atoms with E-state index >= 15 is 0 Å². The van der Waals surface area contributed by atoms with Gasteiger partial charge >= 0.3 is 0 Å². The normalized spacial score (nSPS) is 15.7. The van der Waals surface area contributed by atoms with Crippen molar-refractivity contribution < 1.29 is 17.5 Å². The summed E-state index contributed by atoms with van der Waals surface area (Å²) < 4.78 is 46.3. The van der Waals surface area contributed by atoms with Crippen molar-refractivity contribution in [1.29, 1.82) is 0 Å². The first-order valence-corrected chi connectivity index (χ1v) is 10.3. The van der Waals surface area contributed by atoms with Gasteiger partial charge in [-0.2, -0.15) is 0 Å². The van der Waals surface area contributed by atoms with Crippen LogP contribution in [0.15, 0.2) is 53.4 Å². The second-order valence-electron chi connectivity index (χ2n) is 6.36. The Morgan fingerprint density at radius 1 is 1.07 bits per heavy atom. The quantitative estimate of drug-likeness (QED) is 0.779. The van der Waals surface area contributed by atoms with Crippen molar-refractivity contribution in [2.24, 2.45) is 0 Å². The first-order chi connectivity index (χ1) is 13.0. The highest BCUT2D eigenvalue weighted by Gasteiger charge is 2.20. The molecule has 146 valence electrons. The lowest BCUT2D eigenvalue weighted by atomic mass is 10.2. The van der Waals surface area contributed by atoms with E-state index in [0.717, 1.165) is 13.1 Å². The van der Waals surface area contributed by atoms with Crippen molar-refractivity contribution in [3.8, 4) is 5.75 Å². The van der Waals surface area contributed by atoms with Gasteiger partial charge in [0.25, 0.3) is 0 Å². The molecule has 1 heterocycles. The first kappa shape index (κ1) is 19.6. The summed E-state index contributed by atoms with van der Waals surface area (Å²) in [6.07, 6.45) is 0. The zero-order valence-electron chi connectivity index (χ0n) is 15.3. The number of para-hydroxylation sites is 1. The van der Waals surface area contributed by atoms with E-state index in [1.54, 1.807) is 24.3 Å². The Bertz CT molecular complexity index is 868. The van der Waals surface area contributed by atoms with Crippen LogP contribution in [0.5, 0.6) is 5.75 Å². The zero-order chi connectivity index (χ0) is 19.3. The van der Waals surface area contributed by atoms with Crippen LogP contribution in [0.25, 0.3) is 0 Å². The van der Waals surface area contributed by atoms with Gasteiger partial charge in [-0.15, -0.1) is 0 Å². The Labute approximate surface area is 159 Å². The fraction of sp³-hybridized carbons (Fsp3) is 0.368. The van der Waals surface area contributed by atoms with Gasteiger partial charge in [0.05, 0.1) is 17.7 Å². The van der Waals surface area contributed by atoms with Crippen LogP contribution >= 0.6 is 0 Å². The number of piperazine rings is 1. The van der Waals surface area contributed by atoms with Crippen LogP contribution in [0, 0.1) is 5.82 Å². The van der Waals surface area contributed by atoms with Gasteiger partial charge in [0.15, 0.2) is 0 Å². The minimum absolute atomic E-state index is 0.186. The Hall–Kier alpha value is -2.16. The van der Waals surface area contributed by atoms with Gasteiger partial charge in [0.2, 0.25) is 10.0 Å². The van der Waals surface area contributed by atoms with Crippen LogP contribution in [0.2, 0.25) is 0 Å². The average Bonchev–Trinajstić information content (AvgIpc) is 2.69. The van der Waals surface area contributed by atoms with E-state index < -0.39 is 10.0 Å². The Morgan fingerprint density at radius 3 is 2.52 bits per heavy atom. The van der Waals surface area contributed by atoms with E-state index in [1.165, 1.54) is 25.3 Å². The molecule has 1 aliphatic rings. The van der Waals surface area contributed by atoms with Gasteiger partial charge in [-0.05, 0) is 24.3 Å². The summed E-state index contributed by atoms with van der Waals surface area (Å²) in [5, 5.41) is 0. The number of anilines is 1. The van der Waals surface area contributed by atoms with Crippen molar-refractivity contribution in [3.63, 3.8) is 0 Å². The van der Waals surface area contributed by atoms with Crippen LogP contribution in [0.3, 0.4) is 0 Å². The summed E-state index contributed by atoms with van der Waals surface area (Å²) >= 11 is 0. The third kappa shape index (κ3) is 4.97. The van der Waals surface area contributed by atoms with E-state index in [1.807, 2.05) is 11.0 Å². The van der Waals surface area contributed by atoms with Crippen LogP contribution in [-0.4, -0.2) is 59.7 Å². The first-order valence-electron chi connectivity index (χ1n) is 8.85. The number of hydrogen-bond donors (Lipinski definition) is 1. The van der Waals surface area contributed by atoms with Gasteiger partial charge in [0, 0.05) is 45.3 Å². The molecule has 0 aliphatic carbocycles. The van der Waals surface area contributed by atoms with Crippen molar-refractivity contribution in [2.75, 3.05) is 51.3 Å². The zero-order valence-corrected chi connectivity index (χ0v) is 16.1. The van der Waals surface area contributed by atoms with Crippen molar-refractivity contribution >= 4 is 15.7 Å². The molecule has 0 spiro atoms. The monoisotopic (exact) mass is 393 g/mol. The number of hydrogen-bond acceptors (Lipinski definition) is 5. The van der Waals surface area contributed by atoms with E-state index in [9.17, 15) is 12.8 Å². The molecule has 1 N–H and O–H groups in total. The van der Waals surface area contributed by atoms with Crippen LogP contribution in [0.4, 0.5) is 10.1 Å². The summed E-state index contributed by atoms with van der Waals surface area (Å²) in [6, 6.07) is 13.2. The maximum Gasteiger partial charge on any atom is 0.240 e. The lowest BCUT2D eigenvalue weighted by Gasteiger charge is -2.36. The third-order valence-electron chi connectivity index (χ3n) is 4.64. The lowest BCUT2D eigenvalue weighted by Crippen LogP contribution is -2.48. The molecule has 3 rings (SSSR count). The maximum atomic E-state index is 13.9. The topological polar surface area (TPSA) is 61.9 Å².